The van der Waals surface area contributed by atoms with Crippen LogP contribution in [0.2, 0.25) is 0 Å². The van der Waals surface area contributed by atoms with Crippen molar-refractivity contribution in [2.75, 3.05) is 10.6 Å². The summed E-state index contributed by atoms with van der Waals surface area (Å²) in [5.41, 5.74) is 1.59. The van der Waals surface area contributed by atoms with Crippen LogP contribution >= 0.6 is 11.3 Å². The molecular weight excluding hydrogens is 353 g/mol. The van der Waals surface area contributed by atoms with E-state index in [1.807, 2.05) is 0 Å². The van der Waals surface area contributed by atoms with Crippen LogP contribution in [-0.2, 0) is 4.79 Å². The number of anilines is 2. The van der Waals surface area contributed by atoms with Crippen LogP contribution in [0.1, 0.15) is 22.4 Å². The van der Waals surface area contributed by atoms with Gasteiger partial charge in [-0.25, -0.2) is 9.37 Å². The molecule has 0 aliphatic heterocycles. The predicted molar refractivity (Wildman–Crippen MR) is 101 cm³/mol. The predicted octanol–water partition coefficient (Wildman–Crippen LogP) is 4.47. The third-order valence-electron chi connectivity index (χ3n) is 3.51. The summed E-state index contributed by atoms with van der Waals surface area (Å²) in [5, 5.41) is 6.07. The van der Waals surface area contributed by atoms with Gasteiger partial charge in [-0.3, -0.25) is 9.59 Å². The summed E-state index contributed by atoms with van der Waals surface area (Å²) < 4.78 is 14.1. The van der Waals surface area contributed by atoms with E-state index in [4.69, 9.17) is 0 Å². The van der Waals surface area contributed by atoms with Crippen molar-refractivity contribution in [3.05, 3.63) is 65.0 Å². The van der Waals surface area contributed by atoms with Gasteiger partial charge in [0.25, 0.3) is 5.91 Å². The van der Waals surface area contributed by atoms with Crippen LogP contribution in [0.25, 0.3) is 10.4 Å². The fraction of sp³-hybridized carbons (Fsp3) is 0.105. The average Bonchev–Trinajstić information content (AvgIpc) is 2.97. The molecule has 1 heterocycles. The number of nitrogens with zero attached hydrogens (tertiary/aromatic N) is 1. The molecule has 0 saturated heterocycles. The second-order valence-electron chi connectivity index (χ2n) is 5.61. The number of hydrogen-bond acceptors (Lipinski definition) is 4. The highest BCUT2D eigenvalue weighted by Crippen LogP contribution is 2.32. The molecule has 3 aromatic rings. The van der Waals surface area contributed by atoms with Crippen molar-refractivity contribution >= 4 is 34.5 Å². The van der Waals surface area contributed by atoms with Gasteiger partial charge in [0.15, 0.2) is 0 Å². The van der Waals surface area contributed by atoms with Crippen LogP contribution in [0, 0.1) is 12.7 Å². The SMILES string of the molecule is CC(=O)Nc1cccc(NC(=O)c2nc(C)sc2-c2ccccc2F)c1. The van der Waals surface area contributed by atoms with Crippen molar-refractivity contribution in [1.82, 2.24) is 4.98 Å². The molecular formula is C19H16FN3O2S. The molecule has 3 rings (SSSR count). The van der Waals surface area contributed by atoms with Crippen molar-refractivity contribution in [1.29, 1.82) is 0 Å². The van der Waals surface area contributed by atoms with Gasteiger partial charge in [0.2, 0.25) is 5.91 Å². The van der Waals surface area contributed by atoms with Gasteiger partial charge in [0, 0.05) is 23.9 Å². The van der Waals surface area contributed by atoms with Crippen LogP contribution in [0.3, 0.4) is 0 Å². The number of benzene rings is 2. The van der Waals surface area contributed by atoms with Gasteiger partial charge < -0.3 is 10.6 Å². The van der Waals surface area contributed by atoms with E-state index in [2.05, 4.69) is 15.6 Å². The zero-order chi connectivity index (χ0) is 18.7. The van der Waals surface area contributed by atoms with E-state index in [9.17, 15) is 14.0 Å². The zero-order valence-electron chi connectivity index (χ0n) is 14.2. The number of rotatable bonds is 4. The molecule has 0 unspecified atom stereocenters. The highest BCUT2D eigenvalue weighted by molar-refractivity contribution is 7.15. The molecule has 0 radical (unpaired) electrons. The molecule has 0 saturated carbocycles. The van der Waals surface area contributed by atoms with Crippen LogP contribution in [0.4, 0.5) is 15.8 Å². The van der Waals surface area contributed by atoms with E-state index in [1.165, 1.54) is 24.3 Å². The summed E-state index contributed by atoms with van der Waals surface area (Å²) in [6.45, 7) is 3.17. The maximum Gasteiger partial charge on any atom is 0.275 e. The second kappa shape index (κ2) is 7.45. The lowest BCUT2D eigenvalue weighted by atomic mass is 10.1. The number of amides is 2. The molecule has 132 valence electrons. The van der Waals surface area contributed by atoms with Crippen molar-refractivity contribution < 1.29 is 14.0 Å². The summed E-state index contributed by atoms with van der Waals surface area (Å²) in [5.74, 6) is -1.05. The molecule has 26 heavy (non-hydrogen) atoms. The Morgan fingerprint density at radius 1 is 1.04 bits per heavy atom. The number of hydrogen-bond donors (Lipinski definition) is 2. The monoisotopic (exact) mass is 369 g/mol. The third kappa shape index (κ3) is 3.94. The second-order valence-corrected chi connectivity index (χ2v) is 6.81. The zero-order valence-corrected chi connectivity index (χ0v) is 15.0. The van der Waals surface area contributed by atoms with E-state index in [-0.39, 0.29) is 11.6 Å². The summed E-state index contributed by atoms with van der Waals surface area (Å²) in [4.78, 5) is 28.6. The molecule has 0 atom stereocenters. The van der Waals surface area contributed by atoms with Crippen LogP contribution < -0.4 is 10.6 Å². The molecule has 2 aromatic carbocycles. The Morgan fingerprint density at radius 3 is 2.42 bits per heavy atom. The quantitative estimate of drug-likeness (QED) is 0.713. The highest BCUT2D eigenvalue weighted by atomic mass is 32.1. The summed E-state index contributed by atoms with van der Waals surface area (Å²) in [6.07, 6.45) is 0. The van der Waals surface area contributed by atoms with E-state index in [1.54, 1.807) is 49.4 Å². The fourth-order valence-electron chi connectivity index (χ4n) is 2.48. The van der Waals surface area contributed by atoms with Crippen molar-refractivity contribution in [3.8, 4) is 10.4 Å². The fourth-order valence-corrected chi connectivity index (χ4v) is 3.42. The molecule has 0 spiro atoms. The minimum absolute atomic E-state index is 0.169. The van der Waals surface area contributed by atoms with Gasteiger partial charge in [0.1, 0.15) is 11.5 Å². The number of halogens is 1. The first-order valence-corrected chi connectivity index (χ1v) is 8.67. The molecule has 7 heteroatoms. The maximum absolute atomic E-state index is 14.1. The van der Waals surface area contributed by atoms with Crippen LogP contribution in [0.5, 0.6) is 0 Å². The number of thiazole rings is 1. The molecule has 0 aliphatic carbocycles. The van der Waals surface area contributed by atoms with Gasteiger partial charge in [-0.05, 0) is 31.2 Å². The molecule has 0 bridgehead atoms. The van der Waals surface area contributed by atoms with Gasteiger partial charge in [-0.2, -0.15) is 0 Å². The van der Waals surface area contributed by atoms with Crippen LogP contribution in [0.15, 0.2) is 48.5 Å². The van der Waals surface area contributed by atoms with E-state index < -0.39 is 11.7 Å². The molecule has 2 amide bonds. The van der Waals surface area contributed by atoms with E-state index in [0.29, 0.717) is 26.8 Å². The Morgan fingerprint density at radius 2 is 1.73 bits per heavy atom. The average molecular weight is 369 g/mol. The topological polar surface area (TPSA) is 71.1 Å². The molecule has 2 N–H and O–H groups in total. The van der Waals surface area contributed by atoms with E-state index in [0.717, 1.165) is 0 Å². The largest absolute Gasteiger partial charge is 0.326 e. The first-order chi connectivity index (χ1) is 12.4. The Balaban J connectivity index is 1.90. The number of nitrogens with one attached hydrogen (secondary N) is 2. The molecule has 0 aliphatic rings. The lowest BCUT2D eigenvalue weighted by molar-refractivity contribution is -0.114. The molecule has 5 nitrogen and oxygen atoms in total. The molecule has 0 fully saturated rings. The first-order valence-electron chi connectivity index (χ1n) is 7.85. The summed E-state index contributed by atoms with van der Waals surface area (Å²) in [6, 6.07) is 13.1. The standard InChI is InChI=1S/C19H16FN3O2S/c1-11(24)21-13-6-5-7-14(10-13)23-19(25)17-18(26-12(2)22-17)15-8-3-4-9-16(15)20/h3-10H,1-2H3,(H,21,24)(H,23,25). The lowest BCUT2D eigenvalue weighted by Gasteiger charge is -2.08. The number of aryl methyl sites for hydroxylation is 1. The van der Waals surface area contributed by atoms with Crippen molar-refractivity contribution in [3.63, 3.8) is 0 Å². The smallest absolute Gasteiger partial charge is 0.275 e. The third-order valence-corrected chi connectivity index (χ3v) is 4.51. The Hall–Kier alpha value is -3.06. The minimum atomic E-state index is -0.437. The highest BCUT2D eigenvalue weighted by Gasteiger charge is 2.20. The minimum Gasteiger partial charge on any atom is -0.326 e. The van der Waals surface area contributed by atoms with Crippen molar-refractivity contribution in [2.45, 2.75) is 13.8 Å². The van der Waals surface area contributed by atoms with Gasteiger partial charge in [0.05, 0.1) is 9.88 Å². The van der Waals surface area contributed by atoms with Gasteiger partial charge >= 0.3 is 0 Å². The lowest BCUT2D eigenvalue weighted by Crippen LogP contribution is -2.14. The van der Waals surface area contributed by atoms with Crippen LogP contribution in [-0.4, -0.2) is 16.8 Å². The first kappa shape index (κ1) is 17.8. The number of aromatic nitrogens is 1. The van der Waals surface area contributed by atoms with Gasteiger partial charge in [-0.1, -0.05) is 24.3 Å². The Bertz CT molecular complexity index is 984. The molecule has 1 aromatic heterocycles. The number of carbonyl (C=O) groups is 2. The normalized spacial score (nSPS) is 10.4. The Labute approximate surface area is 153 Å². The maximum atomic E-state index is 14.1. The van der Waals surface area contributed by atoms with Gasteiger partial charge in [-0.15, -0.1) is 11.3 Å². The Kier molecular flexibility index (Phi) is 5.09. The summed E-state index contributed by atoms with van der Waals surface area (Å²) >= 11 is 1.26. The summed E-state index contributed by atoms with van der Waals surface area (Å²) in [7, 11) is 0. The van der Waals surface area contributed by atoms with E-state index >= 15 is 0 Å². The van der Waals surface area contributed by atoms with Crippen molar-refractivity contribution in [2.24, 2.45) is 0 Å². The number of carbonyl (C=O) groups excluding carboxylic acids is 2.